The maximum Gasteiger partial charge on any atom is 0.238 e. The highest BCUT2D eigenvalue weighted by Crippen LogP contribution is 2.13. The quantitative estimate of drug-likeness (QED) is 0.890. The van der Waals surface area contributed by atoms with E-state index in [0.717, 1.165) is 16.8 Å². The molecule has 104 valence electrons. The first-order valence-corrected chi connectivity index (χ1v) is 6.68. The number of rotatable bonds is 5. The van der Waals surface area contributed by atoms with Gasteiger partial charge in [-0.15, -0.1) is 0 Å². The summed E-state index contributed by atoms with van der Waals surface area (Å²) in [5.41, 5.74) is 2.98. The van der Waals surface area contributed by atoms with Gasteiger partial charge in [0, 0.05) is 29.6 Å². The molecule has 0 saturated carbocycles. The Morgan fingerprint density at radius 3 is 2.70 bits per heavy atom. The zero-order valence-electron chi connectivity index (χ0n) is 11.2. The van der Waals surface area contributed by atoms with Gasteiger partial charge >= 0.3 is 0 Å². The Hall–Kier alpha value is -1.91. The molecule has 0 bridgehead atoms. The van der Waals surface area contributed by atoms with E-state index < -0.39 is 0 Å². The van der Waals surface area contributed by atoms with Gasteiger partial charge in [-0.1, -0.05) is 11.6 Å². The fraction of sp³-hybridized carbons (Fsp3) is 0.200. The van der Waals surface area contributed by atoms with Crippen LogP contribution in [0.4, 0.5) is 5.69 Å². The number of pyridine rings is 1. The highest BCUT2D eigenvalue weighted by Gasteiger charge is 2.03. The Labute approximate surface area is 123 Å². The molecule has 0 unspecified atom stereocenters. The number of carbonyl (C=O) groups is 1. The van der Waals surface area contributed by atoms with Crippen molar-refractivity contribution in [1.29, 1.82) is 0 Å². The average Bonchev–Trinajstić information content (AvgIpc) is 2.43. The number of benzene rings is 1. The highest BCUT2D eigenvalue weighted by molar-refractivity contribution is 6.30. The summed E-state index contributed by atoms with van der Waals surface area (Å²) in [6.07, 6.45) is 3.56. The molecule has 0 fully saturated rings. The van der Waals surface area contributed by atoms with Gasteiger partial charge in [0.1, 0.15) is 0 Å². The number of halogens is 1. The van der Waals surface area contributed by atoms with Gasteiger partial charge in [0.2, 0.25) is 5.91 Å². The molecule has 2 N–H and O–H groups in total. The van der Waals surface area contributed by atoms with Crippen molar-refractivity contribution in [3.05, 3.63) is 58.9 Å². The second kappa shape index (κ2) is 7.03. The smallest absolute Gasteiger partial charge is 0.238 e. The minimum absolute atomic E-state index is 0.0890. The van der Waals surface area contributed by atoms with Crippen molar-refractivity contribution in [3.8, 4) is 0 Å². The van der Waals surface area contributed by atoms with Gasteiger partial charge in [-0.05, 0) is 48.4 Å². The molecule has 2 aromatic rings. The predicted octanol–water partition coefficient (Wildman–Crippen LogP) is 2.77. The van der Waals surface area contributed by atoms with Crippen LogP contribution in [0, 0.1) is 6.92 Å². The largest absolute Gasteiger partial charge is 0.325 e. The topological polar surface area (TPSA) is 54.0 Å². The molecular formula is C15H16ClN3O. The summed E-state index contributed by atoms with van der Waals surface area (Å²) in [4.78, 5) is 15.8. The minimum Gasteiger partial charge on any atom is -0.325 e. The molecule has 0 aliphatic heterocycles. The number of hydrogen-bond acceptors (Lipinski definition) is 3. The van der Waals surface area contributed by atoms with Crippen LogP contribution in [0.1, 0.15) is 11.1 Å². The highest BCUT2D eigenvalue weighted by atomic mass is 35.5. The van der Waals surface area contributed by atoms with Crippen LogP contribution in [0.2, 0.25) is 5.02 Å². The van der Waals surface area contributed by atoms with Gasteiger partial charge in [-0.25, -0.2) is 0 Å². The fourth-order valence-electron chi connectivity index (χ4n) is 1.73. The first-order valence-electron chi connectivity index (χ1n) is 6.31. The Morgan fingerprint density at radius 2 is 2.00 bits per heavy atom. The number of aromatic nitrogens is 1. The number of aryl methyl sites for hydroxylation is 1. The van der Waals surface area contributed by atoms with E-state index in [4.69, 9.17) is 11.6 Å². The number of amides is 1. The minimum atomic E-state index is -0.0890. The molecule has 1 aromatic heterocycles. The summed E-state index contributed by atoms with van der Waals surface area (Å²) >= 11 is 5.78. The molecule has 1 heterocycles. The Bertz CT molecular complexity index is 584. The summed E-state index contributed by atoms with van der Waals surface area (Å²) in [6, 6.07) is 8.97. The summed E-state index contributed by atoms with van der Waals surface area (Å²) < 4.78 is 0. The number of nitrogens with zero attached hydrogens (tertiary/aromatic N) is 1. The van der Waals surface area contributed by atoms with Crippen molar-refractivity contribution in [2.75, 3.05) is 11.9 Å². The molecule has 0 spiro atoms. The molecular weight excluding hydrogens is 274 g/mol. The maximum atomic E-state index is 11.8. The molecule has 0 atom stereocenters. The van der Waals surface area contributed by atoms with E-state index in [1.54, 1.807) is 36.7 Å². The van der Waals surface area contributed by atoms with Crippen molar-refractivity contribution < 1.29 is 4.79 Å². The van der Waals surface area contributed by atoms with Crippen molar-refractivity contribution in [1.82, 2.24) is 10.3 Å². The third-order valence-electron chi connectivity index (χ3n) is 2.88. The van der Waals surface area contributed by atoms with Gasteiger partial charge in [0.25, 0.3) is 0 Å². The van der Waals surface area contributed by atoms with E-state index in [1.807, 2.05) is 13.0 Å². The lowest BCUT2D eigenvalue weighted by Crippen LogP contribution is -2.27. The molecule has 2 rings (SSSR count). The van der Waals surface area contributed by atoms with Gasteiger partial charge in [0.05, 0.1) is 6.54 Å². The van der Waals surface area contributed by atoms with Crippen LogP contribution in [0.15, 0.2) is 42.7 Å². The third-order valence-corrected chi connectivity index (χ3v) is 3.13. The van der Waals surface area contributed by atoms with E-state index in [1.165, 1.54) is 0 Å². The van der Waals surface area contributed by atoms with Gasteiger partial charge in [-0.3, -0.25) is 9.78 Å². The molecule has 0 saturated heterocycles. The molecule has 4 nitrogen and oxygen atoms in total. The number of hydrogen-bond donors (Lipinski definition) is 2. The summed E-state index contributed by atoms with van der Waals surface area (Å²) in [5.74, 6) is -0.0890. The second-order valence-electron chi connectivity index (χ2n) is 4.46. The van der Waals surface area contributed by atoms with E-state index in [9.17, 15) is 4.79 Å². The summed E-state index contributed by atoms with van der Waals surface area (Å²) in [7, 11) is 0. The van der Waals surface area contributed by atoms with Gasteiger partial charge in [0.15, 0.2) is 0 Å². The van der Waals surface area contributed by atoms with E-state index >= 15 is 0 Å². The zero-order chi connectivity index (χ0) is 14.4. The predicted molar refractivity (Wildman–Crippen MR) is 80.8 cm³/mol. The molecule has 0 aliphatic carbocycles. The number of anilines is 1. The van der Waals surface area contributed by atoms with Crippen molar-refractivity contribution in [2.45, 2.75) is 13.5 Å². The molecule has 1 amide bonds. The van der Waals surface area contributed by atoms with Crippen molar-refractivity contribution >= 4 is 23.2 Å². The first-order chi connectivity index (χ1) is 9.65. The molecule has 0 aliphatic rings. The Kier molecular flexibility index (Phi) is 5.09. The SMILES string of the molecule is Cc1ccncc1CNCC(=O)Nc1ccc(Cl)cc1. The standard InChI is InChI=1S/C15H16ClN3O/c1-11-6-7-17-8-12(11)9-18-10-15(20)19-14-4-2-13(16)3-5-14/h2-8,18H,9-10H2,1H3,(H,19,20). The molecule has 5 heteroatoms. The Balaban J connectivity index is 1.78. The zero-order valence-corrected chi connectivity index (χ0v) is 11.9. The normalized spacial score (nSPS) is 10.3. The summed E-state index contributed by atoms with van der Waals surface area (Å²) in [5, 5.41) is 6.54. The van der Waals surface area contributed by atoms with Gasteiger partial charge in [-0.2, -0.15) is 0 Å². The average molecular weight is 290 g/mol. The van der Waals surface area contributed by atoms with Crippen molar-refractivity contribution in [3.63, 3.8) is 0 Å². The Morgan fingerprint density at radius 1 is 1.25 bits per heavy atom. The molecule has 1 aromatic carbocycles. The van der Waals surface area contributed by atoms with Crippen LogP contribution in [0.3, 0.4) is 0 Å². The number of nitrogens with one attached hydrogen (secondary N) is 2. The molecule has 0 radical (unpaired) electrons. The number of carbonyl (C=O) groups excluding carboxylic acids is 1. The van der Waals surface area contributed by atoms with Crippen molar-refractivity contribution in [2.24, 2.45) is 0 Å². The lowest BCUT2D eigenvalue weighted by Gasteiger charge is -2.08. The summed E-state index contributed by atoms with van der Waals surface area (Å²) in [6.45, 7) is 2.89. The van der Waals surface area contributed by atoms with Crippen LogP contribution in [0.25, 0.3) is 0 Å². The first kappa shape index (κ1) is 14.5. The maximum absolute atomic E-state index is 11.8. The van der Waals surface area contributed by atoms with Crippen LogP contribution < -0.4 is 10.6 Å². The van der Waals surface area contributed by atoms with Gasteiger partial charge < -0.3 is 10.6 Å². The van der Waals surface area contributed by atoms with E-state index in [2.05, 4.69) is 15.6 Å². The van der Waals surface area contributed by atoms with E-state index in [0.29, 0.717) is 11.6 Å². The van der Waals surface area contributed by atoms with Crippen LogP contribution in [-0.4, -0.2) is 17.4 Å². The van der Waals surface area contributed by atoms with E-state index in [-0.39, 0.29) is 12.5 Å². The molecule has 20 heavy (non-hydrogen) atoms. The second-order valence-corrected chi connectivity index (χ2v) is 4.90. The van der Waals surface area contributed by atoms with Crippen LogP contribution in [0.5, 0.6) is 0 Å². The monoisotopic (exact) mass is 289 g/mol. The third kappa shape index (κ3) is 4.33. The lowest BCUT2D eigenvalue weighted by molar-refractivity contribution is -0.115. The van der Waals surface area contributed by atoms with Crippen LogP contribution >= 0.6 is 11.6 Å². The lowest BCUT2D eigenvalue weighted by atomic mass is 10.1. The van der Waals surface area contributed by atoms with Crippen LogP contribution in [-0.2, 0) is 11.3 Å². The fourth-order valence-corrected chi connectivity index (χ4v) is 1.86.